The van der Waals surface area contributed by atoms with Crippen molar-refractivity contribution in [3.05, 3.63) is 48.0 Å². The predicted molar refractivity (Wildman–Crippen MR) is 78.0 cm³/mol. The van der Waals surface area contributed by atoms with Crippen LogP contribution in [0.3, 0.4) is 0 Å². The van der Waals surface area contributed by atoms with Gasteiger partial charge in [-0.25, -0.2) is 0 Å². The molecule has 0 heterocycles. The van der Waals surface area contributed by atoms with Crippen LogP contribution in [0.15, 0.2) is 42.5 Å². The van der Waals surface area contributed by atoms with Crippen LogP contribution in [0.2, 0.25) is 0 Å². The third kappa shape index (κ3) is 3.32. The number of fused-ring (bicyclic) bond motifs is 1. The summed E-state index contributed by atoms with van der Waals surface area (Å²) in [5, 5.41) is 11.9. The minimum absolute atomic E-state index is 0.186. The summed E-state index contributed by atoms with van der Waals surface area (Å²) >= 11 is 0. The zero-order chi connectivity index (χ0) is 13.8. The van der Waals surface area contributed by atoms with Crippen molar-refractivity contribution in [3.8, 4) is 0 Å². The molecule has 19 heavy (non-hydrogen) atoms. The van der Waals surface area contributed by atoms with E-state index in [4.69, 9.17) is 10.5 Å². The highest BCUT2D eigenvalue weighted by Crippen LogP contribution is 2.23. The first-order valence-electron chi connectivity index (χ1n) is 6.64. The second-order valence-electron chi connectivity index (χ2n) is 4.91. The van der Waals surface area contributed by atoms with Gasteiger partial charge in [0.1, 0.15) is 0 Å². The lowest BCUT2D eigenvalue weighted by molar-refractivity contribution is -0.0591. The van der Waals surface area contributed by atoms with Crippen LogP contribution in [-0.4, -0.2) is 23.9 Å². The Balaban J connectivity index is 2.25. The van der Waals surface area contributed by atoms with Crippen LogP contribution >= 0.6 is 0 Å². The molecule has 0 bridgehead atoms. The van der Waals surface area contributed by atoms with Gasteiger partial charge in [0.15, 0.2) is 0 Å². The highest BCUT2D eigenvalue weighted by molar-refractivity contribution is 5.83. The summed E-state index contributed by atoms with van der Waals surface area (Å²) in [4.78, 5) is 0. The molecule has 3 atom stereocenters. The van der Waals surface area contributed by atoms with Gasteiger partial charge in [-0.2, -0.15) is 0 Å². The molecule has 3 unspecified atom stereocenters. The molecule has 0 radical (unpaired) electrons. The number of rotatable bonds is 5. The minimum Gasteiger partial charge on any atom is -0.391 e. The SMILES string of the molecule is CC(O)C(C)OC(CN)c1ccc2ccccc2c1. The number of aliphatic hydroxyl groups is 1. The fourth-order valence-corrected chi connectivity index (χ4v) is 2.05. The Morgan fingerprint density at radius 2 is 1.79 bits per heavy atom. The number of hydrogen-bond donors (Lipinski definition) is 2. The number of ether oxygens (including phenoxy) is 1. The van der Waals surface area contributed by atoms with Crippen LogP contribution in [-0.2, 0) is 4.74 Å². The largest absolute Gasteiger partial charge is 0.391 e. The molecular weight excluding hydrogens is 238 g/mol. The lowest BCUT2D eigenvalue weighted by atomic mass is 10.0. The standard InChI is InChI=1S/C16H21NO2/c1-11(18)12(2)19-16(10-17)15-8-7-13-5-3-4-6-14(13)9-15/h3-9,11-12,16,18H,10,17H2,1-2H3. The predicted octanol–water partition coefficient (Wildman–Crippen LogP) is 2.63. The van der Waals surface area contributed by atoms with Crippen molar-refractivity contribution in [2.45, 2.75) is 32.2 Å². The van der Waals surface area contributed by atoms with E-state index in [1.165, 1.54) is 10.8 Å². The van der Waals surface area contributed by atoms with Gasteiger partial charge in [0.05, 0.1) is 18.3 Å². The molecule has 2 rings (SSSR count). The average molecular weight is 259 g/mol. The lowest BCUT2D eigenvalue weighted by Crippen LogP contribution is -2.28. The van der Waals surface area contributed by atoms with Crippen LogP contribution in [0.25, 0.3) is 10.8 Å². The summed E-state index contributed by atoms with van der Waals surface area (Å²) in [6.07, 6.45) is -0.927. The molecule has 0 aliphatic heterocycles. The van der Waals surface area contributed by atoms with E-state index in [0.717, 1.165) is 5.56 Å². The highest BCUT2D eigenvalue weighted by Gasteiger charge is 2.17. The topological polar surface area (TPSA) is 55.5 Å². The minimum atomic E-state index is -0.505. The quantitative estimate of drug-likeness (QED) is 0.868. The average Bonchev–Trinajstić information content (AvgIpc) is 2.43. The molecule has 0 aliphatic carbocycles. The fraction of sp³-hybridized carbons (Fsp3) is 0.375. The Labute approximate surface area is 114 Å². The van der Waals surface area contributed by atoms with E-state index in [1.54, 1.807) is 6.92 Å². The van der Waals surface area contributed by atoms with Crippen molar-refractivity contribution < 1.29 is 9.84 Å². The zero-order valence-electron chi connectivity index (χ0n) is 11.4. The van der Waals surface area contributed by atoms with Gasteiger partial charge in [0.2, 0.25) is 0 Å². The fourth-order valence-electron chi connectivity index (χ4n) is 2.05. The molecule has 0 fully saturated rings. The van der Waals surface area contributed by atoms with Crippen LogP contribution in [0.1, 0.15) is 25.5 Å². The monoisotopic (exact) mass is 259 g/mol. The first-order valence-corrected chi connectivity index (χ1v) is 6.64. The third-order valence-corrected chi connectivity index (χ3v) is 3.42. The van der Waals surface area contributed by atoms with Crippen LogP contribution in [0, 0.1) is 0 Å². The molecule has 2 aromatic rings. The maximum atomic E-state index is 9.52. The summed E-state index contributed by atoms with van der Waals surface area (Å²) in [5.41, 5.74) is 6.84. The Morgan fingerprint density at radius 3 is 2.42 bits per heavy atom. The highest BCUT2D eigenvalue weighted by atomic mass is 16.5. The molecule has 3 N–H and O–H groups in total. The number of hydrogen-bond acceptors (Lipinski definition) is 3. The Morgan fingerprint density at radius 1 is 1.11 bits per heavy atom. The van der Waals surface area contributed by atoms with Crippen LogP contribution in [0.4, 0.5) is 0 Å². The zero-order valence-corrected chi connectivity index (χ0v) is 11.4. The first-order chi connectivity index (χ1) is 9.11. The van der Waals surface area contributed by atoms with Gasteiger partial charge in [-0.3, -0.25) is 0 Å². The smallest absolute Gasteiger partial charge is 0.0952 e. The Bertz CT molecular complexity index is 539. The van der Waals surface area contributed by atoms with E-state index in [1.807, 2.05) is 25.1 Å². The van der Waals surface area contributed by atoms with E-state index in [2.05, 4.69) is 24.3 Å². The molecule has 0 saturated carbocycles. The van der Waals surface area contributed by atoms with E-state index in [0.29, 0.717) is 6.54 Å². The number of benzene rings is 2. The third-order valence-electron chi connectivity index (χ3n) is 3.42. The van der Waals surface area contributed by atoms with E-state index in [-0.39, 0.29) is 12.2 Å². The second kappa shape index (κ2) is 6.15. The molecule has 3 nitrogen and oxygen atoms in total. The van der Waals surface area contributed by atoms with E-state index < -0.39 is 6.10 Å². The summed E-state index contributed by atoms with van der Waals surface area (Å²) < 4.78 is 5.82. The maximum Gasteiger partial charge on any atom is 0.0952 e. The first kappa shape index (κ1) is 14.0. The van der Waals surface area contributed by atoms with E-state index >= 15 is 0 Å². The molecule has 0 spiro atoms. The lowest BCUT2D eigenvalue weighted by Gasteiger charge is -2.23. The van der Waals surface area contributed by atoms with Crippen LogP contribution < -0.4 is 5.73 Å². The molecule has 0 saturated heterocycles. The van der Waals surface area contributed by atoms with Gasteiger partial charge in [-0.15, -0.1) is 0 Å². The van der Waals surface area contributed by atoms with Crippen molar-refractivity contribution >= 4 is 10.8 Å². The number of aliphatic hydroxyl groups excluding tert-OH is 1. The second-order valence-corrected chi connectivity index (χ2v) is 4.91. The van der Waals surface area contributed by atoms with Crippen LogP contribution in [0.5, 0.6) is 0 Å². The molecule has 0 amide bonds. The Hall–Kier alpha value is -1.42. The summed E-state index contributed by atoms with van der Waals surface area (Å²) in [6, 6.07) is 14.4. The van der Waals surface area contributed by atoms with Crippen molar-refractivity contribution in [2.75, 3.05) is 6.54 Å². The summed E-state index contributed by atoms with van der Waals surface area (Å²) in [5.74, 6) is 0. The number of nitrogens with two attached hydrogens (primary N) is 1. The molecule has 3 heteroatoms. The van der Waals surface area contributed by atoms with Gasteiger partial charge in [0, 0.05) is 6.54 Å². The van der Waals surface area contributed by atoms with Crippen molar-refractivity contribution in [2.24, 2.45) is 5.73 Å². The van der Waals surface area contributed by atoms with Crippen molar-refractivity contribution in [1.29, 1.82) is 0 Å². The van der Waals surface area contributed by atoms with Gasteiger partial charge in [0.25, 0.3) is 0 Å². The molecule has 0 aromatic heterocycles. The van der Waals surface area contributed by atoms with Crippen molar-refractivity contribution in [3.63, 3.8) is 0 Å². The van der Waals surface area contributed by atoms with Gasteiger partial charge < -0.3 is 15.6 Å². The van der Waals surface area contributed by atoms with Gasteiger partial charge in [-0.1, -0.05) is 36.4 Å². The maximum absolute atomic E-state index is 9.52. The normalized spacial score (nSPS) is 16.2. The Kier molecular flexibility index (Phi) is 4.53. The summed E-state index contributed by atoms with van der Waals surface area (Å²) in [6.45, 7) is 3.97. The summed E-state index contributed by atoms with van der Waals surface area (Å²) in [7, 11) is 0. The molecule has 2 aromatic carbocycles. The van der Waals surface area contributed by atoms with Gasteiger partial charge in [-0.05, 0) is 36.2 Å². The molecule has 0 aliphatic rings. The molecular formula is C16H21NO2. The molecule has 102 valence electrons. The van der Waals surface area contributed by atoms with Crippen molar-refractivity contribution in [1.82, 2.24) is 0 Å². The van der Waals surface area contributed by atoms with Gasteiger partial charge >= 0.3 is 0 Å². The van der Waals surface area contributed by atoms with E-state index in [9.17, 15) is 5.11 Å².